The standard InChI is InChI=1S/C2H2O2S/c1-2-5(3)4/h1H,(H,3,4). The van der Waals surface area contributed by atoms with Crippen LogP contribution >= 0.6 is 0 Å². The highest BCUT2D eigenvalue weighted by molar-refractivity contribution is 7.84. The first-order chi connectivity index (χ1) is 2.27. The molecular formula is C2H2O2S. The number of hydrogen-bond acceptors (Lipinski definition) is 1. The van der Waals surface area contributed by atoms with Gasteiger partial charge in [0.05, 0.1) is 0 Å². The summed E-state index contributed by atoms with van der Waals surface area (Å²) in [7, 11) is 0. The molecule has 0 spiro atoms. The van der Waals surface area contributed by atoms with E-state index >= 15 is 0 Å². The third-order valence-electron chi connectivity index (χ3n) is 0.101. The Labute approximate surface area is 32.5 Å². The molecule has 5 heavy (non-hydrogen) atoms. The molecule has 0 aromatic rings. The lowest BCUT2D eigenvalue weighted by molar-refractivity contribution is 0.576. The molecule has 0 saturated carbocycles. The van der Waals surface area contributed by atoms with Crippen molar-refractivity contribution in [1.29, 1.82) is 0 Å². The van der Waals surface area contributed by atoms with E-state index in [4.69, 9.17) is 4.55 Å². The molecule has 0 aliphatic carbocycles. The molecule has 0 heterocycles. The minimum atomic E-state index is -2.04. The van der Waals surface area contributed by atoms with Gasteiger partial charge in [0.1, 0.15) is 0 Å². The Morgan fingerprint density at radius 1 is 2.00 bits per heavy atom. The van der Waals surface area contributed by atoms with Crippen LogP contribution in [0.15, 0.2) is 0 Å². The van der Waals surface area contributed by atoms with Crippen LogP contribution < -0.4 is 0 Å². The van der Waals surface area contributed by atoms with Gasteiger partial charge in [-0.2, -0.15) is 0 Å². The molecule has 1 atom stereocenters. The first kappa shape index (κ1) is 4.67. The Morgan fingerprint density at radius 3 is 2.20 bits per heavy atom. The summed E-state index contributed by atoms with van der Waals surface area (Å²) >= 11 is -2.04. The van der Waals surface area contributed by atoms with Gasteiger partial charge in [-0.25, -0.2) is 4.21 Å². The van der Waals surface area contributed by atoms with Crippen molar-refractivity contribution in [1.82, 2.24) is 0 Å². The van der Waals surface area contributed by atoms with E-state index in [0.29, 0.717) is 0 Å². The van der Waals surface area contributed by atoms with E-state index in [1.165, 1.54) is 0 Å². The molecule has 3 heteroatoms. The van der Waals surface area contributed by atoms with Crippen LogP contribution in [-0.2, 0) is 11.1 Å². The summed E-state index contributed by atoms with van der Waals surface area (Å²) in [4.78, 5) is 0. The van der Waals surface area contributed by atoms with Crippen LogP contribution in [0.4, 0.5) is 0 Å². The van der Waals surface area contributed by atoms with E-state index in [0.717, 1.165) is 0 Å². The van der Waals surface area contributed by atoms with Crippen LogP contribution in [0.1, 0.15) is 0 Å². The monoisotopic (exact) mass is 90.0 g/mol. The summed E-state index contributed by atoms with van der Waals surface area (Å²) in [6, 6.07) is 0. The zero-order chi connectivity index (χ0) is 4.28. The Kier molecular flexibility index (Phi) is 1.81. The van der Waals surface area contributed by atoms with Crippen molar-refractivity contribution in [3.63, 3.8) is 0 Å². The van der Waals surface area contributed by atoms with Gasteiger partial charge in [-0.3, -0.25) is 4.55 Å². The molecule has 0 rings (SSSR count). The third-order valence-corrected chi connectivity index (χ3v) is 0.302. The van der Waals surface area contributed by atoms with Crippen molar-refractivity contribution in [3.8, 4) is 11.7 Å². The smallest absolute Gasteiger partial charge is 0.233 e. The summed E-state index contributed by atoms with van der Waals surface area (Å²) < 4.78 is 16.8. The highest BCUT2D eigenvalue weighted by Crippen LogP contribution is 1.55. The second-order valence-corrected chi connectivity index (χ2v) is 1.10. The highest BCUT2D eigenvalue weighted by Gasteiger charge is 1.68. The highest BCUT2D eigenvalue weighted by atomic mass is 32.2. The van der Waals surface area contributed by atoms with Crippen molar-refractivity contribution in [3.05, 3.63) is 0 Å². The molecule has 0 aromatic heterocycles. The Morgan fingerprint density at radius 2 is 2.20 bits per heavy atom. The average molecular weight is 90.1 g/mol. The van der Waals surface area contributed by atoms with Gasteiger partial charge >= 0.3 is 0 Å². The molecule has 0 fully saturated rings. The van der Waals surface area contributed by atoms with E-state index in [9.17, 15) is 4.21 Å². The van der Waals surface area contributed by atoms with Gasteiger partial charge in [0.2, 0.25) is 11.1 Å². The molecule has 0 aliphatic heterocycles. The molecule has 1 N–H and O–H groups in total. The van der Waals surface area contributed by atoms with E-state index in [-0.39, 0.29) is 0 Å². The predicted molar refractivity (Wildman–Crippen MR) is 19.6 cm³/mol. The topological polar surface area (TPSA) is 37.3 Å². The van der Waals surface area contributed by atoms with Gasteiger partial charge < -0.3 is 0 Å². The quantitative estimate of drug-likeness (QED) is 0.330. The fraction of sp³-hybridized carbons (Fsp3) is 0. The fourth-order valence-corrected chi connectivity index (χ4v) is 0. The minimum Gasteiger partial charge on any atom is -0.296 e. The van der Waals surface area contributed by atoms with Crippen molar-refractivity contribution < 1.29 is 8.76 Å². The molecule has 0 aliphatic rings. The third kappa shape index (κ3) is 3.67. The molecule has 0 aromatic carbocycles. The van der Waals surface area contributed by atoms with E-state index < -0.39 is 11.1 Å². The lowest BCUT2D eigenvalue weighted by Gasteiger charge is -1.60. The van der Waals surface area contributed by atoms with E-state index in [2.05, 4.69) is 6.42 Å². The molecule has 0 bridgehead atoms. The molecule has 2 nitrogen and oxygen atoms in total. The average Bonchev–Trinajstić information content (AvgIpc) is 1.38. The van der Waals surface area contributed by atoms with Crippen molar-refractivity contribution in [2.75, 3.05) is 0 Å². The fourth-order valence-electron chi connectivity index (χ4n) is 0. The first-order valence-electron chi connectivity index (χ1n) is 0.842. The van der Waals surface area contributed by atoms with Crippen LogP contribution in [0.2, 0.25) is 0 Å². The number of hydrogen-bond donors (Lipinski definition) is 1. The van der Waals surface area contributed by atoms with Crippen molar-refractivity contribution in [2.24, 2.45) is 0 Å². The van der Waals surface area contributed by atoms with Crippen LogP contribution in [0, 0.1) is 11.7 Å². The van der Waals surface area contributed by atoms with Gasteiger partial charge in [0.25, 0.3) is 0 Å². The van der Waals surface area contributed by atoms with Crippen LogP contribution in [0.25, 0.3) is 0 Å². The SMILES string of the molecule is C#CS(=O)O. The number of rotatable bonds is 0. The van der Waals surface area contributed by atoms with Crippen LogP contribution in [-0.4, -0.2) is 8.76 Å². The molecule has 0 radical (unpaired) electrons. The molecular weight excluding hydrogens is 88.1 g/mol. The maximum Gasteiger partial charge on any atom is 0.233 e. The van der Waals surface area contributed by atoms with Gasteiger partial charge in [0.15, 0.2) is 0 Å². The Hall–Kier alpha value is -0.330. The molecule has 1 unspecified atom stereocenters. The Bertz CT molecular complexity index is 80.1. The van der Waals surface area contributed by atoms with Gasteiger partial charge in [-0.05, 0) is 0 Å². The lowest BCUT2D eigenvalue weighted by Crippen LogP contribution is -1.72. The molecule has 0 saturated heterocycles. The van der Waals surface area contributed by atoms with Crippen LogP contribution in [0.3, 0.4) is 0 Å². The maximum absolute atomic E-state index is 9.24. The minimum absolute atomic E-state index is 1.56. The normalized spacial score (nSPS) is 12.8. The molecule has 28 valence electrons. The zero-order valence-corrected chi connectivity index (χ0v) is 3.16. The predicted octanol–water partition coefficient (Wildman–Crippen LogP) is -0.201. The molecule has 0 amide bonds. The van der Waals surface area contributed by atoms with Crippen molar-refractivity contribution >= 4 is 11.1 Å². The number of terminal acetylenes is 1. The zero-order valence-electron chi connectivity index (χ0n) is 2.34. The summed E-state index contributed by atoms with van der Waals surface area (Å²) in [6.07, 6.45) is 4.37. The first-order valence-corrected chi connectivity index (χ1v) is 1.95. The van der Waals surface area contributed by atoms with E-state index in [1.54, 1.807) is 5.25 Å². The van der Waals surface area contributed by atoms with E-state index in [1.807, 2.05) is 0 Å². The van der Waals surface area contributed by atoms with Crippen LogP contribution in [0.5, 0.6) is 0 Å². The summed E-state index contributed by atoms with van der Waals surface area (Å²) in [5.74, 6) is 0. The summed E-state index contributed by atoms with van der Waals surface area (Å²) in [6.45, 7) is 0. The Balaban J connectivity index is 3.35. The lowest BCUT2D eigenvalue weighted by atomic mass is 11.4. The largest absolute Gasteiger partial charge is 0.296 e. The van der Waals surface area contributed by atoms with Crippen molar-refractivity contribution in [2.45, 2.75) is 0 Å². The van der Waals surface area contributed by atoms with Gasteiger partial charge in [-0.15, -0.1) is 6.42 Å². The summed E-state index contributed by atoms with van der Waals surface area (Å²) in [5, 5.41) is 1.56. The maximum atomic E-state index is 9.24. The van der Waals surface area contributed by atoms with Gasteiger partial charge in [0, 0.05) is 5.25 Å². The summed E-state index contributed by atoms with van der Waals surface area (Å²) in [5.41, 5.74) is 0. The van der Waals surface area contributed by atoms with Gasteiger partial charge in [-0.1, -0.05) is 0 Å². The second kappa shape index (κ2) is 1.94. The second-order valence-electron chi connectivity index (χ2n) is 0.367.